The van der Waals surface area contributed by atoms with Gasteiger partial charge in [-0.3, -0.25) is 0 Å². The zero-order chi connectivity index (χ0) is 11.9. The van der Waals surface area contributed by atoms with Crippen LogP contribution in [0.3, 0.4) is 0 Å². The maximum Gasteiger partial charge on any atom is 0.532 e. The molecule has 0 atom stereocenters. The van der Waals surface area contributed by atoms with Gasteiger partial charge in [0.1, 0.15) is 0 Å². The van der Waals surface area contributed by atoms with Crippen molar-refractivity contribution in [2.75, 3.05) is 19.8 Å². The number of hydrogen-bond donors (Lipinski definition) is 0. The number of allylic oxidation sites excluding steroid dienone is 2. The quantitative estimate of drug-likeness (QED) is 0.644. The van der Waals surface area contributed by atoms with E-state index in [-0.39, 0.29) is 0 Å². The van der Waals surface area contributed by atoms with E-state index in [1.165, 1.54) is 18.0 Å². The van der Waals surface area contributed by atoms with Crippen molar-refractivity contribution in [3.05, 3.63) is 11.3 Å². The van der Waals surface area contributed by atoms with Gasteiger partial charge in [0.25, 0.3) is 0 Å². The lowest BCUT2D eigenvalue weighted by Crippen LogP contribution is -2.48. The molecule has 3 nitrogen and oxygen atoms in total. The highest BCUT2D eigenvalue weighted by atomic mass is 28.4. The summed E-state index contributed by atoms with van der Waals surface area (Å²) in [5.74, 6) is 0. The van der Waals surface area contributed by atoms with Gasteiger partial charge in [-0.25, -0.2) is 0 Å². The minimum absolute atomic E-state index is 0.656. The third-order valence-corrected chi connectivity index (χ3v) is 5.93. The molecule has 0 aromatic heterocycles. The lowest BCUT2D eigenvalue weighted by Gasteiger charge is -2.32. The molecule has 0 bridgehead atoms. The lowest BCUT2D eigenvalue weighted by molar-refractivity contribution is 0.0793. The van der Waals surface area contributed by atoms with Gasteiger partial charge in [-0.05, 0) is 51.7 Å². The third-order valence-electron chi connectivity index (χ3n) is 2.69. The molecule has 1 aliphatic carbocycles. The molecule has 0 N–H and O–H groups in total. The van der Waals surface area contributed by atoms with Crippen molar-refractivity contribution in [3.63, 3.8) is 0 Å². The molecule has 16 heavy (non-hydrogen) atoms. The number of rotatable bonds is 7. The van der Waals surface area contributed by atoms with Crippen LogP contribution in [0.1, 0.15) is 46.5 Å². The molecule has 0 spiro atoms. The van der Waals surface area contributed by atoms with Crippen LogP contribution >= 0.6 is 0 Å². The summed E-state index contributed by atoms with van der Waals surface area (Å²) < 4.78 is 17.6. The van der Waals surface area contributed by atoms with Crippen molar-refractivity contribution in [1.29, 1.82) is 0 Å². The van der Waals surface area contributed by atoms with Gasteiger partial charge in [0.2, 0.25) is 0 Å². The fraction of sp³-hybridized carbons (Fsp3) is 0.833. The Kier molecular flexibility index (Phi) is 6.27. The van der Waals surface area contributed by atoms with E-state index in [1.54, 1.807) is 0 Å². The van der Waals surface area contributed by atoms with E-state index in [4.69, 9.17) is 13.3 Å². The van der Waals surface area contributed by atoms with Gasteiger partial charge in [-0.2, -0.15) is 0 Å². The minimum atomic E-state index is -2.53. The summed E-state index contributed by atoms with van der Waals surface area (Å²) >= 11 is 0. The highest BCUT2D eigenvalue weighted by molar-refractivity contribution is 6.68. The van der Waals surface area contributed by atoms with E-state index in [2.05, 4.69) is 6.08 Å². The van der Waals surface area contributed by atoms with Gasteiger partial charge < -0.3 is 13.3 Å². The van der Waals surface area contributed by atoms with Crippen molar-refractivity contribution in [3.8, 4) is 0 Å². The first-order valence-corrected chi connectivity index (χ1v) is 8.12. The molecule has 1 rings (SSSR count). The van der Waals surface area contributed by atoms with Crippen LogP contribution in [0, 0.1) is 0 Å². The molecule has 0 aromatic carbocycles. The first-order valence-electron chi connectivity index (χ1n) is 6.40. The Labute approximate surface area is 100 Å². The molecule has 0 heterocycles. The van der Waals surface area contributed by atoms with Gasteiger partial charge in [0.05, 0.1) is 0 Å². The molecule has 0 unspecified atom stereocenters. The Morgan fingerprint density at radius 3 is 1.94 bits per heavy atom. The first kappa shape index (κ1) is 13.9. The van der Waals surface area contributed by atoms with Crippen molar-refractivity contribution in [1.82, 2.24) is 0 Å². The monoisotopic (exact) mass is 244 g/mol. The fourth-order valence-corrected chi connectivity index (χ4v) is 4.91. The van der Waals surface area contributed by atoms with Crippen molar-refractivity contribution in [2.24, 2.45) is 0 Å². The fourth-order valence-electron chi connectivity index (χ4n) is 2.09. The molecule has 0 aromatic rings. The normalized spacial score (nSPS) is 17.3. The van der Waals surface area contributed by atoms with Crippen LogP contribution in [0.5, 0.6) is 0 Å². The molecule has 0 radical (unpaired) electrons. The summed E-state index contributed by atoms with van der Waals surface area (Å²) in [5, 5.41) is 1.30. The highest BCUT2D eigenvalue weighted by Crippen LogP contribution is 2.29. The maximum atomic E-state index is 5.88. The highest BCUT2D eigenvalue weighted by Gasteiger charge is 2.44. The molecule has 4 heteroatoms. The second-order valence-electron chi connectivity index (χ2n) is 3.83. The minimum Gasteiger partial charge on any atom is -0.370 e. The van der Waals surface area contributed by atoms with Gasteiger partial charge in [-0.15, -0.1) is 0 Å². The van der Waals surface area contributed by atoms with Crippen molar-refractivity contribution < 1.29 is 13.3 Å². The second kappa shape index (κ2) is 7.22. The van der Waals surface area contributed by atoms with E-state index in [0.29, 0.717) is 19.8 Å². The van der Waals surface area contributed by atoms with Crippen molar-refractivity contribution >= 4 is 8.80 Å². The SMILES string of the molecule is CCO[Si](OCC)(OCC)C1=CCCCC1. The van der Waals surface area contributed by atoms with Crippen LogP contribution in [0.2, 0.25) is 0 Å². The summed E-state index contributed by atoms with van der Waals surface area (Å²) in [5.41, 5.74) is 0. The molecule has 0 fully saturated rings. The van der Waals surface area contributed by atoms with E-state index in [9.17, 15) is 0 Å². The van der Waals surface area contributed by atoms with Crippen LogP contribution < -0.4 is 0 Å². The van der Waals surface area contributed by atoms with Crippen LogP contribution in [0.4, 0.5) is 0 Å². The standard InChI is InChI=1S/C12H24O3Si/c1-4-13-16(14-5-2,15-6-3)12-10-8-7-9-11-12/h10H,4-9,11H2,1-3H3. The van der Waals surface area contributed by atoms with Crippen LogP contribution in [-0.2, 0) is 13.3 Å². The van der Waals surface area contributed by atoms with E-state index in [1.807, 2.05) is 20.8 Å². The van der Waals surface area contributed by atoms with E-state index in [0.717, 1.165) is 12.8 Å². The maximum absolute atomic E-state index is 5.88. The largest absolute Gasteiger partial charge is 0.532 e. The topological polar surface area (TPSA) is 27.7 Å². The van der Waals surface area contributed by atoms with Crippen LogP contribution in [0.15, 0.2) is 11.3 Å². The van der Waals surface area contributed by atoms with E-state index >= 15 is 0 Å². The Morgan fingerprint density at radius 2 is 1.56 bits per heavy atom. The zero-order valence-corrected chi connectivity index (χ0v) is 11.8. The third kappa shape index (κ3) is 3.42. The smallest absolute Gasteiger partial charge is 0.370 e. The summed E-state index contributed by atoms with van der Waals surface area (Å²) in [6.07, 6.45) is 6.99. The number of hydrogen-bond acceptors (Lipinski definition) is 3. The van der Waals surface area contributed by atoms with Gasteiger partial charge >= 0.3 is 8.80 Å². The molecule has 0 saturated carbocycles. The molecular weight excluding hydrogens is 220 g/mol. The average molecular weight is 244 g/mol. The summed E-state index contributed by atoms with van der Waals surface area (Å²) in [6.45, 7) is 7.98. The average Bonchev–Trinajstić information content (AvgIpc) is 2.31. The summed E-state index contributed by atoms with van der Waals surface area (Å²) in [4.78, 5) is 0. The Bertz CT molecular complexity index is 211. The molecule has 0 amide bonds. The molecule has 0 aliphatic heterocycles. The summed E-state index contributed by atoms with van der Waals surface area (Å²) in [6, 6.07) is 0. The molecule has 0 saturated heterocycles. The molecule has 1 aliphatic rings. The van der Waals surface area contributed by atoms with Gasteiger partial charge in [0, 0.05) is 19.8 Å². The Balaban J connectivity index is 2.83. The molecular formula is C12H24O3Si. The predicted octanol–water partition coefficient (Wildman–Crippen LogP) is 3.07. The lowest BCUT2D eigenvalue weighted by atomic mass is 10.1. The summed E-state index contributed by atoms with van der Waals surface area (Å²) in [7, 11) is -2.53. The van der Waals surface area contributed by atoms with E-state index < -0.39 is 8.80 Å². The zero-order valence-electron chi connectivity index (χ0n) is 10.8. The van der Waals surface area contributed by atoms with Crippen molar-refractivity contribution in [2.45, 2.75) is 46.5 Å². The molecule has 94 valence electrons. The Hall–Kier alpha value is -0.163. The Morgan fingerprint density at radius 1 is 1.00 bits per heavy atom. The second-order valence-corrected chi connectivity index (χ2v) is 6.45. The van der Waals surface area contributed by atoms with Crippen LogP contribution in [-0.4, -0.2) is 28.6 Å². The first-order chi connectivity index (χ1) is 7.79. The van der Waals surface area contributed by atoms with Gasteiger partial charge in [-0.1, -0.05) is 6.08 Å². The predicted molar refractivity (Wildman–Crippen MR) is 67.2 cm³/mol. The van der Waals surface area contributed by atoms with Gasteiger partial charge in [0.15, 0.2) is 0 Å². The van der Waals surface area contributed by atoms with Crippen LogP contribution in [0.25, 0.3) is 0 Å².